The number of fused-ring (bicyclic) bond motifs is 8. The maximum atomic E-state index is 2.56. The van der Waals surface area contributed by atoms with Gasteiger partial charge in [-0.05, 0) is 203 Å². The van der Waals surface area contributed by atoms with Crippen LogP contribution in [0.3, 0.4) is 0 Å². The SMILES string of the molecule is CC1(C)c2ccccc2-c2cc3c(cc21)-c1ccc(N(c2ccc(C4CC5CCC4C5)cc2)c2ccc(C45CC6CC(CC(C6)C4)C5)cc2)cc1C3(C)C. The van der Waals surface area contributed by atoms with E-state index < -0.39 is 0 Å². The summed E-state index contributed by atoms with van der Waals surface area (Å²) >= 11 is 0. The molecule has 0 aliphatic heterocycles. The number of nitrogens with zero attached hydrogens (tertiary/aromatic N) is 1. The molecule has 3 atom stereocenters. The highest BCUT2D eigenvalue weighted by atomic mass is 15.1. The summed E-state index contributed by atoms with van der Waals surface area (Å²) in [5, 5.41) is 0. The fraction of sp³-hybridized carbons (Fsp3) is 0.434. The topological polar surface area (TPSA) is 3.24 Å². The lowest BCUT2D eigenvalue weighted by atomic mass is 9.48. The third-order valence-electron chi connectivity index (χ3n) is 16.7. The fourth-order valence-corrected chi connectivity index (χ4v) is 14.5. The summed E-state index contributed by atoms with van der Waals surface area (Å²) < 4.78 is 0. The van der Waals surface area contributed by atoms with E-state index in [-0.39, 0.29) is 10.8 Å². The van der Waals surface area contributed by atoms with E-state index in [2.05, 4.69) is 136 Å². The Morgan fingerprint density at radius 3 is 1.63 bits per heavy atom. The molecule has 13 rings (SSSR count). The van der Waals surface area contributed by atoms with Gasteiger partial charge in [0.25, 0.3) is 0 Å². The number of hydrogen-bond acceptors (Lipinski definition) is 1. The van der Waals surface area contributed by atoms with Crippen molar-refractivity contribution in [1.29, 1.82) is 0 Å². The molecule has 5 aromatic rings. The van der Waals surface area contributed by atoms with Crippen molar-refractivity contribution in [3.8, 4) is 22.3 Å². The van der Waals surface area contributed by atoms with Crippen LogP contribution in [0.1, 0.15) is 131 Å². The number of benzene rings is 5. The monoisotopic (exact) mass is 705 g/mol. The quantitative estimate of drug-likeness (QED) is 0.176. The molecule has 5 aromatic carbocycles. The highest BCUT2D eigenvalue weighted by Gasteiger charge is 2.51. The lowest BCUT2D eigenvalue weighted by Gasteiger charge is -2.57. The minimum atomic E-state index is -0.100. The molecule has 0 amide bonds. The first-order valence-electron chi connectivity index (χ1n) is 21.6. The van der Waals surface area contributed by atoms with Gasteiger partial charge in [-0.2, -0.15) is 0 Å². The number of anilines is 3. The van der Waals surface area contributed by atoms with E-state index in [1.165, 1.54) is 126 Å². The second-order valence-corrected chi connectivity index (χ2v) is 20.4. The molecule has 1 heteroatoms. The lowest BCUT2D eigenvalue weighted by molar-refractivity contribution is -0.00518. The Bertz CT molecular complexity index is 2300. The minimum Gasteiger partial charge on any atom is -0.310 e. The van der Waals surface area contributed by atoms with E-state index >= 15 is 0 Å². The van der Waals surface area contributed by atoms with Crippen LogP contribution in [0.15, 0.2) is 103 Å². The van der Waals surface area contributed by atoms with Crippen LogP contribution in [0.25, 0.3) is 22.3 Å². The summed E-state index contributed by atoms with van der Waals surface area (Å²) in [6, 6.07) is 41.4. The highest BCUT2D eigenvalue weighted by Crippen LogP contribution is 2.61. The molecule has 8 aliphatic carbocycles. The van der Waals surface area contributed by atoms with Crippen LogP contribution in [0, 0.1) is 29.6 Å². The zero-order chi connectivity index (χ0) is 36.1. The van der Waals surface area contributed by atoms with Gasteiger partial charge in [0.1, 0.15) is 0 Å². The molecular formula is C53H55N. The number of hydrogen-bond donors (Lipinski definition) is 0. The van der Waals surface area contributed by atoms with Crippen LogP contribution in [-0.2, 0) is 16.2 Å². The van der Waals surface area contributed by atoms with Crippen LogP contribution in [0.4, 0.5) is 17.1 Å². The summed E-state index contributed by atoms with van der Waals surface area (Å²) in [5.74, 6) is 5.49. The standard InChI is InChI=1S/C53H55N/c1-51(2)47-8-6-5-7-42(47)45-27-50-46(28-49(45)51)43-20-19-41(26-48(43)52(50,3)4)54(39-15-11-36(12-16-39)44-25-32-9-10-37(44)24-32)40-17-13-38(14-18-40)53-29-33-21-34(30-53)23-35(22-33)31-53/h5-8,11-20,26-28,32-35,37,44H,9-10,21-25,29-31H2,1-4H3. The van der Waals surface area contributed by atoms with Crippen molar-refractivity contribution in [3.05, 3.63) is 137 Å². The second-order valence-electron chi connectivity index (χ2n) is 20.4. The summed E-state index contributed by atoms with van der Waals surface area (Å²) in [6.45, 7) is 9.72. The average molecular weight is 706 g/mol. The van der Waals surface area contributed by atoms with Gasteiger partial charge in [-0.3, -0.25) is 0 Å². The van der Waals surface area contributed by atoms with Gasteiger partial charge in [0, 0.05) is 27.9 Å². The third-order valence-corrected chi connectivity index (χ3v) is 16.7. The van der Waals surface area contributed by atoms with E-state index in [9.17, 15) is 0 Å². The average Bonchev–Trinajstić information content (AvgIpc) is 3.92. The summed E-state index contributed by atoms with van der Waals surface area (Å²) in [4.78, 5) is 2.56. The molecule has 1 nitrogen and oxygen atoms in total. The van der Waals surface area contributed by atoms with Gasteiger partial charge in [0.2, 0.25) is 0 Å². The Balaban J connectivity index is 0.949. The third kappa shape index (κ3) is 4.45. The maximum absolute atomic E-state index is 2.56. The molecule has 0 saturated heterocycles. The minimum absolute atomic E-state index is 0.00284. The van der Waals surface area contributed by atoms with Crippen molar-refractivity contribution < 1.29 is 0 Å². The van der Waals surface area contributed by atoms with Crippen LogP contribution in [-0.4, -0.2) is 0 Å². The normalized spacial score (nSPS) is 31.0. The van der Waals surface area contributed by atoms with E-state index in [1.807, 2.05) is 0 Å². The smallest absolute Gasteiger partial charge is 0.0465 e. The Kier molecular flexibility index (Phi) is 6.57. The molecule has 0 N–H and O–H groups in total. The molecule has 54 heavy (non-hydrogen) atoms. The first kappa shape index (κ1) is 32.2. The maximum Gasteiger partial charge on any atom is 0.0465 e. The molecule has 3 unspecified atom stereocenters. The van der Waals surface area contributed by atoms with Gasteiger partial charge in [-0.1, -0.05) is 88.7 Å². The molecule has 6 fully saturated rings. The summed E-state index contributed by atoms with van der Waals surface area (Å²) in [7, 11) is 0. The molecule has 8 aliphatic rings. The van der Waals surface area contributed by atoms with Gasteiger partial charge in [-0.15, -0.1) is 0 Å². The molecule has 6 bridgehead atoms. The molecule has 0 heterocycles. The molecule has 6 saturated carbocycles. The largest absolute Gasteiger partial charge is 0.310 e. The van der Waals surface area contributed by atoms with Gasteiger partial charge in [-0.25, -0.2) is 0 Å². The molecule has 0 spiro atoms. The molecule has 0 radical (unpaired) electrons. The molecule has 0 aromatic heterocycles. The Hall–Kier alpha value is -4.10. The first-order valence-corrected chi connectivity index (χ1v) is 21.6. The van der Waals surface area contributed by atoms with Gasteiger partial charge in [0.05, 0.1) is 0 Å². The van der Waals surface area contributed by atoms with E-state index in [1.54, 1.807) is 11.1 Å². The van der Waals surface area contributed by atoms with Crippen molar-refractivity contribution in [2.24, 2.45) is 29.6 Å². The predicted octanol–water partition coefficient (Wildman–Crippen LogP) is 14.1. The van der Waals surface area contributed by atoms with Crippen LogP contribution in [0.2, 0.25) is 0 Å². The van der Waals surface area contributed by atoms with Gasteiger partial charge in [0.15, 0.2) is 0 Å². The van der Waals surface area contributed by atoms with Crippen LogP contribution in [0.5, 0.6) is 0 Å². The molecular weight excluding hydrogens is 651 g/mol. The summed E-state index contributed by atoms with van der Waals surface area (Å²) in [5.41, 5.74) is 18.8. The second kappa shape index (κ2) is 11.0. The van der Waals surface area contributed by atoms with Crippen molar-refractivity contribution in [2.75, 3.05) is 4.90 Å². The van der Waals surface area contributed by atoms with E-state index in [0.29, 0.717) is 5.41 Å². The van der Waals surface area contributed by atoms with E-state index in [0.717, 1.165) is 35.5 Å². The van der Waals surface area contributed by atoms with Crippen molar-refractivity contribution >= 4 is 17.1 Å². The van der Waals surface area contributed by atoms with Gasteiger partial charge < -0.3 is 4.90 Å². The molecule has 272 valence electrons. The van der Waals surface area contributed by atoms with Crippen molar-refractivity contribution in [2.45, 2.75) is 114 Å². The lowest BCUT2D eigenvalue weighted by Crippen LogP contribution is -2.48. The fourth-order valence-electron chi connectivity index (χ4n) is 14.5. The van der Waals surface area contributed by atoms with Gasteiger partial charge >= 0.3 is 0 Å². The highest BCUT2D eigenvalue weighted by molar-refractivity contribution is 5.91. The zero-order valence-corrected chi connectivity index (χ0v) is 32.8. The number of rotatable bonds is 5. The Morgan fingerprint density at radius 1 is 0.463 bits per heavy atom. The summed E-state index contributed by atoms with van der Waals surface area (Å²) in [6.07, 6.45) is 14.5. The Labute approximate surface area is 323 Å². The van der Waals surface area contributed by atoms with E-state index in [4.69, 9.17) is 0 Å². The Morgan fingerprint density at radius 2 is 1.02 bits per heavy atom. The predicted molar refractivity (Wildman–Crippen MR) is 224 cm³/mol. The van der Waals surface area contributed by atoms with Crippen LogP contribution >= 0.6 is 0 Å². The van der Waals surface area contributed by atoms with Crippen molar-refractivity contribution in [3.63, 3.8) is 0 Å². The zero-order valence-electron chi connectivity index (χ0n) is 32.8. The van der Waals surface area contributed by atoms with Crippen LogP contribution < -0.4 is 4.90 Å². The first-order chi connectivity index (χ1) is 26.1. The van der Waals surface area contributed by atoms with Crippen molar-refractivity contribution in [1.82, 2.24) is 0 Å².